The molecule has 1 heterocycles. The van der Waals surface area contributed by atoms with E-state index in [9.17, 15) is 9.59 Å². The second kappa shape index (κ2) is 5.60. The number of ketones is 1. The Labute approximate surface area is 126 Å². The van der Waals surface area contributed by atoms with Crippen molar-refractivity contribution in [3.63, 3.8) is 0 Å². The lowest BCUT2D eigenvalue weighted by atomic mass is 9.89. The molecule has 1 amide bonds. The van der Waals surface area contributed by atoms with Gasteiger partial charge >= 0.3 is 0 Å². The number of hydrogen-bond acceptors (Lipinski definition) is 3. The molecule has 1 aromatic carbocycles. The van der Waals surface area contributed by atoms with Crippen molar-refractivity contribution < 1.29 is 9.59 Å². The summed E-state index contributed by atoms with van der Waals surface area (Å²) in [7, 11) is 0. The molecular formula is C17H24N2O2. The molecule has 1 saturated heterocycles. The second-order valence-corrected chi connectivity index (χ2v) is 6.50. The van der Waals surface area contributed by atoms with Crippen LogP contribution in [0.25, 0.3) is 0 Å². The number of hydrogen-bond donors (Lipinski definition) is 1. The van der Waals surface area contributed by atoms with E-state index in [-0.39, 0.29) is 17.7 Å². The number of carbonyl (C=O) groups is 2. The molecule has 0 bridgehead atoms. The molecule has 0 aromatic heterocycles. The van der Waals surface area contributed by atoms with E-state index in [2.05, 4.69) is 4.90 Å². The van der Waals surface area contributed by atoms with Gasteiger partial charge in [-0.3, -0.25) is 14.5 Å². The standard InChI is InChI=1S/C17H24N2O2/c1-11-5-6-12(2)14(9-11)15(20)13(3)19-8-7-17(4,10-19)16(18)21/h5-6,9,13H,7-8,10H2,1-4H3,(H2,18,21). The van der Waals surface area contributed by atoms with Gasteiger partial charge in [0.25, 0.3) is 0 Å². The molecular weight excluding hydrogens is 264 g/mol. The zero-order valence-electron chi connectivity index (χ0n) is 13.3. The number of benzene rings is 1. The van der Waals surface area contributed by atoms with Crippen LogP contribution in [0.3, 0.4) is 0 Å². The van der Waals surface area contributed by atoms with E-state index in [0.29, 0.717) is 13.0 Å². The van der Waals surface area contributed by atoms with Crippen LogP contribution in [0.5, 0.6) is 0 Å². The van der Waals surface area contributed by atoms with Crippen molar-refractivity contribution in [3.05, 3.63) is 34.9 Å². The Kier molecular flexibility index (Phi) is 4.19. The first-order valence-electron chi connectivity index (χ1n) is 7.40. The molecule has 0 spiro atoms. The lowest BCUT2D eigenvalue weighted by Gasteiger charge is -2.26. The minimum atomic E-state index is -0.518. The molecule has 21 heavy (non-hydrogen) atoms. The number of Topliss-reactive ketones (excluding diaryl/α,β-unsaturated/α-hetero) is 1. The lowest BCUT2D eigenvalue weighted by molar-refractivity contribution is -0.126. The van der Waals surface area contributed by atoms with Gasteiger partial charge in [0.05, 0.1) is 11.5 Å². The molecule has 0 aliphatic carbocycles. The number of amides is 1. The molecule has 0 saturated carbocycles. The highest BCUT2D eigenvalue weighted by molar-refractivity contribution is 6.01. The number of primary amides is 1. The maximum absolute atomic E-state index is 12.7. The minimum absolute atomic E-state index is 0.116. The molecule has 2 rings (SSSR count). The molecule has 2 unspecified atom stereocenters. The third-order valence-corrected chi connectivity index (χ3v) is 4.68. The van der Waals surface area contributed by atoms with Gasteiger partial charge in [-0.1, -0.05) is 17.7 Å². The van der Waals surface area contributed by atoms with Gasteiger partial charge in [-0.15, -0.1) is 0 Å². The highest BCUT2D eigenvalue weighted by atomic mass is 16.1. The Morgan fingerprint density at radius 3 is 2.57 bits per heavy atom. The summed E-state index contributed by atoms with van der Waals surface area (Å²) in [6.45, 7) is 9.02. The molecule has 0 radical (unpaired) electrons. The predicted octanol–water partition coefficient (Wildman–Crippen LogP) is 2.07. The van der Waals surface area contributed by atoms with Crippen LogP contribution in [-0.2, 0) is 4.79 Å². The SMILES string of the molecule is Cc1ccc(C)c(C(=O)C(C)N2CCC(C)(C(N)=O)C2)c1. The first-order chi connectivity index (χ1) is 9.74. The van der Waals surface area contributed by atoms with Crippen LogP contribution >= 0.6 is 0 Å². The van der Waals surface area contributed by atoms with Crippen LogP contribution in [0.2, 0.25) is 0 Å². The summed E-state index contributed by atoms with van der Waals surface area (Å²) in [6, 6.07) is 5.70. The quantitative estimate of drug-likeness (QED) is 0.863. The third-order valence-electron chi connectivity index (χ3n) is 4.68. The summed E-state index contributed by atoms with van der Waals surface area (Å²) in [5.74, 6) is -0.165. The van der Waals surface area contributed by atoms with Crippen molar-refractivity contribution in [2.24, 2.45) is 11.1 Å². The fraction of sp³-hybridized carbons (Fsp3) is 0.529. The van der Waals surface area contributed by atoms with Crippen molar-refractivity contribution >= 4 is 11.7 Å². The monoisotopic (exact) mass is 288 g/mol. The van der Waals surface area contributed by atoms with Crippen molar-refractivity contribution in [2.45, 2.75) is 40.2 Å². The first-order valence-corrected chi connectivity index (χ1v) is 7.40. The van der Waals surface area contributed by atoms with Crippen LogP contribution in [-0.4, -0.2) is 35.7 Å². The van der Waals surface area contributed by atoms with E-state index >= 15 is 0 Å². The van der Waals surface area contributed by atoms with E-state index in [4.69, 9.17) is 5.73 Å². The Hall–Kier alpha value is -1.68. The molecule has 114 valence electrons. The molecule has 1 aliphatic rings. The van der Waals surface area contributed by atoms with E-state index < -0.39 is 5.41 Å². The summed E-state index contributed by atoms with van der Waals surface area (Å²) in [6.07, 6.45) is 0.715. The van der Waals surface area contributed by atoms with Gasteiger partial charge in [0.1, 0.15) is 0 Å². The highest BCUT2D eigenvalue weighted by Gasteiger charge is 2.41. The summed E-state index contributed by atoms with van der Waals surface area (Å²) in [4.78, 5) is 26.3. The lowest BCUT2D eigenvalue weighted by Crippen LogP contribution is -2.42. The normalized spacial score (nSPS) is 24.0. The summed E-state index contributed by atoms with van der Waals surface area (Å²) >= 11 is 0. The third kappa shape index (κ3) is 3.00. The fourth-order valence-corrected chi connectivity index (χ4v) is 2.92. The van der Waals surface area contributed by atoms with Gasteiger partial charge < -0.3 is 5.73 Å². The number of likely N-dealkylation sites (tertiary alicyclic amines) is 1. The average molecular weight is 288 g/mol. The smallest absolute Gasteiger partial charge is 0.224 e. The molecule has 1 aromatic rings. The van der Waals surface area contributed by atoms with E-state index in [1.807, 2.05) is 45.9 Å². The number of carbonyl (C=O) groups excluding carboxylic acids is 2. The van der Waals surface area contributed by atoms with Crippen LogP contribution in [0.4, 0.5) is 0 Å². The minimum Gasteiger partial charge on any atom is -0.369 e. The van der Waals surface area contributed by atoms with Gasteiger partial charge in [-0.2, -0.15) is 0 Å². The predicted molar refractivity (Wildman–Crippen MR) is 83.2 cm³/mol. The zero-order valence-corrected chi connectivity index (χ0v) is 13.3. The van der Waals surface area contributed by atoms with Crippen LogP contribution < -0.4 is 5.73 Å². The van der Waals surface area contributed by atoms with Crippen molar-refractivity contribution in [1.29, 1.82) is 0 Å². The fourth-order valence-electron chi connectivity index (χ4n) is 2.92. The summed E-state index contributed by atoms with van der Waals surface area (Å²) in [5, 5.41) is 0. The molecule has 1 aliphatic heterocycles. The number of nitrogens with two attached hydrogens (primary N) is 1. The van der Waals surface area contributed by atoms with Crippen LogP contribution in [0, 0.1) is 19.3 Å². The van der Waals surface area contributed by atoms with Crippen molar-refractivity contribution in [2.75, 3.05) is 13.1 Å². The molecule has 4 nitrogen and oxygen atoms in total. The van der Waals surface area contributed by atoms with Crippen LogP contribution in [0.1, 0.15) is 41.8 Å². The van der Waals surface area contributed by atoms with Gasteiger partial charge in [0.2, 0.25) is 5.91 Å². The second-order valence-electron chi connectivity index (χ2n) is 6.50. The Balaban J connectivity index is 2.17. The maximum atomic E-state index is 12.7. The van der Waals surface area contributed by atoms with E-state index in [1.165, 1.54) is 0 Å². The Morgan fingerprint density at radius 2 is 2.00 bits per heavy atom. The maximum Gasteiger partial charge on any atom is 0.224 e. The Morgan fingerprint density at radius 1 is 1.33 bits per heavy atom. The van der Waals surface area contributed by atoms with Gasteiger partial charge in [-0.25, -0.2) is 0 Å². The summed E-state index contributed by atoms with van der Waals surface area (Å²) in [5.41, 5.74) is 7.81. The molecule has 2 atom stereocenters. The molecule has 1 fully saturated rings. The van der Waals surface area contributed by atoms with Gasteiger partial charge in [0.15, 0.2) is 5.78 Å². The van der Waals surface area contributed by atoms with Crippen molar-refractivity contribution in [1.82, 2.24) is 4.90 Å². The van der Waals surface area contributed by atoms with Gasteiger partial charge in [-0.05, 0) is 52.3 Å². The van der Waals surface area contributed by atoms with Crippen LogP contribution in [0.15, 0.2) is 18.2 Å². The van der Waals surface area contributed by atoms with E-state index in [0.717, 1.165) is 23.2 Å². The van der Waals surface area contributed by atoms with Crippen molar-refractivity contribution in [3.8, 4) is 0 Å². The highest BCUT2D eigenvalue weighted by Crippen LogP contribution is 2.31. The number of aryl methyl sites for hydroxylation is 2. The number of nitrogens with zero attached hydrogens (tertiary/aromatic N) is 1. The number of rotatable bonds is 4. The zero-order chi connectivity index (χ0) is 15.8. The van der Waals surface area contributed by atoms with E-state index in [1.54, 1.807) is 0 Å². The average Bonchev–Trinajstić information content (AvgIpc) is 2.84. The first kappa shape index (κ1) is 15.7. The Bertz CT molecular complexity index is 582. The molecule has 2 N–H and O–H groups in total. The van der Waals surface area contributed by atoms with Gasteiger partial charge in [0, 0.05) is 12.1 Å². The molecule has 4 heteroatoms. The summed E-state index contributed by atoms with van der Waals surface area (Å²) < 4.78 is 0. The topological polar surface area (TPSA) is 63.4 Å². The largest absolute Gasteiger partial charge is 0.369 e.